The molecule has 0 saturated carbocycles. The zero-order valence-electron chi connectivity index (χ0n) is 15.0. The topological polar surface area (TPSA) is 101 Å². The normalized spacial score (nSPS) is 16.8. The minimum absolute atomic E-state index is 0.0373. The van der Waals surface area contributed by atoms with Crippen molar-refractivity contribution in [3.63, 3.8) is 0 Å². The molecule has 2 aromatic rings. The van der Waals surface area contributed by atoms with E-state index < -0.39 is 19.9 Å². The number of sulfonamides is 1. The van der Waals surface area contributed by atoms with E-state index in [1.54, 1.807) is 12.1 Å². The van der Waals surface area contributed by atoms with Crippen LogP contribution in [0.3, 0.4) is 0 Å². The van der Waals surface area contributed by atoms with Crippen molar-refractivity contribution in [2.75, 3.05) is 29.3 Å². The molecule has 3 rings (SSSR count). The van der Waals surface area contributed by atoms with Crippen molar-refractivity contribution < 1.29 is 21.6 Å². The number of rotatable bonds is 5. The van der Waals surface area contributed by atoms with E-state index in [0.29, 0.717) is 11.3 Å². The molecule has 9 heteroatoms. The van der Waals surface area contributed by atoms with Gasteiger partial charge in [-0.2, -0.15) is 0 Å². The van der Waals surface area contributed by atoms with Gasteiger partial charge in [0.05, 0.1) is 16.9 Å². The van der Waals surface area contributed by atoms with Crippen LogP contribution < -0.4 is 4.72 Å². The van der Waals surface area contributed by atoms with Gasteiger partial charge in [0.15, 0.2) is 9.84 Å². The summed E-state index contributed by atoms with van der Waals surface area (Å²) in [5, 5.41) is 1.08. The van der Waals surface area contributed by atoms with E-state index in [1.165, 1.54) is 35.2 Å². The molecule has 0 bridgehead atoms. The summed E-state index contributed by atoms with van der Waals surface area (Å²) in [7, 11) is -6.75. The molecule has 1 fully saturated rings. The molecule has 148 valence electrons. The number of anilines is 1. The van der Waals surface area contributed by atoms with Crippen molar-refractivity contribution in [3.05, 3.63) is 71.1 Å². The molecular formula is C19H20N2O5S2. The number of sulfone groups is 1. The second-order valence-corrected chi connectivity index (χ2v) is 10.3. The Kier molecular flexibility index (Phi) is 5.85. The first-order valence-electron chi connectivity index (χ1n) is 8.60. The highest BCUT2D eigenvalue weighted by Crippen LogP contribution is 2.15. The number of nitrogens with zero attached hydrogens (tertiary/aromatic N) is 1. The third kappa shape index (κ3) is 5.43. The predicted molar refractivity (Wildman–Crippen MR) is 109 cm³/mol. The average Bonchev–Trinajstić information content (AvgIpc) is 2.67. The lowest BCUT2D eigenvalue weighted by Crippen LogP contribution is -2.43. The highest BCUT2D eigenvalue weighted by atomic mass is 32.2. The standard InChI is InChI=1S/C19H20N2O5S2/c22-19(21-11-14-27(23,24)15-12-21)17-6-8-18(9-7-17)20-28(25,26)13-10-16-4-2-1-3-5-16/h1-10,13,20H,11-12,14-15H2/b13-10+. The van der Waals surface area contributed by atoms with Crippen molar-refractivity contribution in [2.24, 2.45) is 0 Å². The molecule has 28 heavy (non-hydrogen) atoms. The van der Waals surface area contributed by atoms with Gasteiger partial charge in [0, 0.05) is 24.3 Å². The van der Waals surface area contributed by atoms with E-state index in [2.05, 4.69) is 4.72 Å². The summed E-state index contributed by atoms with van der Waals surface area (Å²) in [6.07, 6.45) is 1.49. The Labute approximate surface area is 164 Å². The fourth-order valence-corrected chi connectivity index (χ4v) is 4.78. The van der Waals surface area contributed by atoms with Crippen molar-refractivity contribution in [3.8, 4) is 0 Å². The van der Waals surface area contributed by atoms with Crippen LogP contribution in [0.15, 0.2) is 60.0 Å². The number of carbonyl (C=O) groups is 1. The number of amides is 1. The molecular weight excluding hydrogens is 400 g/mol. The molecule has 0 aromatic heterocycles. The predicted octanol–water partition coefficient (Wildman–Crippen LogP) is 1.97. The molecule has 0 aliphatic carbocycles. The van der Waals surface area contributed by atoms with Crippen LogP contribution in [-0.4, -0.2) is 52.2 Å². The summed E-state index contributed by atoms with van der Waals surface area (Å²) in [5.74, 6) is -0.345. The first-order valence-corrected chi connectivity index (χ1v) is 12.0. The van der Waals surface area contributed by atoms with Gasteiger partial charge in [0.2, 0.25) is 0 Å². The molecule has 1 heterocycles. The van der Waals surface area contributed by atoms with Gasteiger partial charge < -0.3 is 4.90 Å². The summed E-state index contributed by atoms with van der Waals surface area (Å²) >= 11 is 0. The number of carbonyl (C=O) groups excluding carboxylic acids is 1. The third-order valence-corrected chi connectivity index (χ3v) is 6.89. The second-order valence-electron chi connectivity index (χ2n) is 6.38. The molecule has 0 atom stereocenters. The van der Waals surface area contributed by atoms with E-state index in [0.717, 1.165) is 11.0 Å². The molecule has 1 aliphatic heterocycles. The lowest BCUT2D eigenvalue weighted by molar-refractivity contribution is 0.0770. The Bertz CT molecular complexity index is 1060. The van der Waals surface area contributed by atoms with E-state index in [-0.39, 0.29) is 30.5 Å². The van der Waals surface area contributed by atoms with Crippen LogP contribution in [0.5, 0.6) is 0 Å². The van der Waals surface area contributed by atoms with Crippen LogP contribution in [0, 0.1) is 0 Å². The van der Waals surface area contributed by atoms with Gasteiger partial charge in [-0.05, 0) is 35.9 Å². The van der Waals surface area contributed by atoms with E-state index in [1.807, 2.05) is 18.2 Å². The van der Waals surface area contributed by atoms with Crippen LogP contribution in [-0.2, 0) is 19.9 Å². The van der Waals surface area contributed by atoms with E-state index in [4.69, 9.17) is 0 Å². The molecule has 1 saturated heterocycles. The summed E-state index contributed by atoms with van der Waals surface area (Å²) in [4.78, 5) is 13.9. The Morgan fingerprint density at radius 3 is 2.18 bits per heavy atom. The van der Waals surface area contributed by atoms with Gasteiger partial charge in [-0.1, -0.05) is 30.3 Å². The lowest BCUT2D eigenvalue weighted by atomic mass is 10.2. The monoisotopic (exact) mass is 420 g/mol. The summed E-state index contributed by atoms with van der Waals surface area (Å²) in [5.41, 5.74) is 1.47. The Balaban J connectivity index is 1.64. The molecule has 0 radical (unpaired) electrons. The molecule has 2 aromatic carbocycles. The molecule has 1 amide bonds. The minimum atomic E-state index is -3.69. The quantitative estimate of drug-likeness (QED) is 0.797. The fourth-order valence-electron chi connectivity index (χ4n) is 2.71. The average molecular weight is 421 g/mol. The van der Waals surface area contributed by atoms with Gasteiger partial charge >= 0.3 is 0 Å². The van der Waals surface area contributed by atoms with E-state index in [9.17, 15) is 21.6 Å². The largest absolute Gasteiger partial charge is 0.337 e. The smallest absolute Gasteiger partial charge is 0.255 e. The van der Waals surface area contributed by atoms with Crippen LogP contribution in [0.4, 0.5) is 5.69 Å². The van der Waals surface area contributed by atoms with Crippen LogP contribution in [0.1, 0.15) is 15.9 Å². The van der Waals surface area contributed by atoms with Crippen molar-refractivity contribution in [1.82, 2.24) is 4.90 Å². The maximum atomic E-state index is 12.4. The van der Waals surface area contributed by atoms with Gasteiger partial charge in [-0.15, -0.1) is 0 Å². The number of hydrogen-bond donors (Lipinski definition) is 1. The van der Waals surface area contributed by atoms with Gasteiger partial charge in [0.1, 0.15) is 0 Å². The van der Waals surface area contributed by atoms with Crippen LogP contribution in [0.2, 0.25) is 0 Å². The van der Waals surface area contributed by atoms with E-state index >= 15 is 0 Å². The Morgan fingerprint density at radius 2 is 1.57 bits per heavy atom. The maximum Gasteiger partial charge on any atom is 0.255 e. The summed E-state index contributed by atoms with van der Waals surface area (Å²) in [6.45, 7) is 0.333. The van der Waals surface area contributed by atoms with Crippen molar-refractivity contribution in [1.29, 1.82) is 0 Å². The first kappa shape index (κ1) is 20.1. The molecule has 7 nitrogen and oxygen atoms in total. The maximum absolute atomic E-state index is 12.4. The van der Waals surface area contributed by atoms with Crippen molar-refractivity contribution in [2.45, 2.75) is 0 Å². The molecule has 0 unspecified atom stereocenters. The van der Waals surface area contributed by atoms with Gasteiger partial charge in [-0.3, -0.25) is 9.52 Å². The van der Waals surface area contributed by atoms with Gasteiger partial charge in [-0.25, -0.2) is 16.8 Å². The zero-order valence-corrected chi connectivity index (χ0v) is 16.6. The van der Waals surface area contributed by atoms with Gasteiger partial charge in [0.25, 0.3) is 15.9 Å². The molecule has 1 N–H and O–H groups in total. The summed E-state index contributed by atoms with van der Waals surface area (Å²) < 4.78 is 49.7. The number of nitrogens with one attached hydrogen (secondary N) is 1. The zero-order chi connectivity index (χ0) is 20.2. The molecule has 0 spiro atoms. The highest BCUT2D eigenvalue weighted by Gasteiger charge is 2.25. The minimum Gasteiger partial charge on any atom is -0.337 e. The summed E-state index contributed by atoms with van der Waals surface area (Å²) in [6, 6.07) is 15.1. The Morgan fingerprint density at radius 1 is 0.964 bits per heavy atom. The van der Waals surface area contributed by atoms with Crippen LogP contribution >= 0.6 is 0 Å². The number of benzene rings is 2. The number of hydrogen-bond acceptors (Lipinski definition) is 5. The second kappa shape index (κ2) is 8.15. The SMILES string of the molecule is O=C(c1ccc(NS(=O)(=O)/C=C/c2ccccc2)cc1)N1CCS(=O)(=O)CC1. The Hall–Kier alpha value is -2.65. The van der Waals surface area contributed by atoms with Crippen LogP contribution in [0.25, 0.3) is 6.08 Å². The van der Waals surface area contributed by atoms with Crippen molar-refractivity contribution >= 4 is 37.5 Å². The third-order valence-electron chi connectivity index (χ3n) is 4.26. The fraction of sp³-hybridized carbons (Fsp3) is 0.211. The highest BCUT2D eigenvalue weighted by molar-refractivity contribution is 7.95. The molecule has 1 aliphatic rings. The lowest BCUT2D eigenvalue weighted by Gasteiger charge is -2.26. The first-order chi connectivity index (χ1) is 13.2.